The molecule has 20 heavy (non-hydrogen) atoms. The summed E-state index contributed by atoms with van der Waals surface area (Å²) in [5.74, 6) is 0.342. The Labute approximate surface area is 122 Å². The highest BCUT2D eigenvalue weighted by atomic mass is 32.2. The fourth-order valence-corrected chi connectivity index (χ4v) is 1.91. The van der Waals surface area contributed by atoms with Crippen LogP contribution in [0.4, 0.5) is 5.82 Å². The first kappa shape index (κ1) is 16.6. The maximum Gasteiger partial charge on any atom is 0.271 e. The zero-order valence-corrected chi connectivity index (χ0v) is 13.0. The van der Waals surface area contributed by atoms with Crippen LogP contribution in [0.25, 0.3) is 0 Å². The maximum atomic E-state index is 11.9. The molecule has 0 fully saturated rings. The molecule has 0 aliphatic rings. The first-order chi connectivity index (χ1) is 9.54. The number of anilines is 1. The topological polar surface area (TPSA) is 84.0 Å². The van der Waals surface area contributed by atoms with E-state index in [-0.39, 0.29) is 16.9 Å². The van der Waals surface area contributed by atoms with E-state index in [9.17, 15) is 9.00 Å². The fourth-order valence-electron chi connectivity index (χ4n) is 1.46. The lowest BCUT2D eigenvalue weighted by atomic mass is 10.3. The summed E-state index contributed by atoms with van der Waals surface area (Å²) in [7, 11) is -0.866. The van der Waals surface area contributed by atoms with Crippen LogP contribution < -0.4 is 10.6 Å². The quantitative estimate of drug-likeness (QED) is 0.753. The molecule has 112 valence electrons. The highest BCUT2D eigenvalue weighted by molar-refractivity contribution is 7.84. The Morgan fingerprint density at radius 1 is 1.40 bits per heavy atom. The van der Waals surface area contributed by atoms with Gasteiger partial charge in [-0.05, 0) is 12.8 Å². The Hall–Kier alpha value is -1.50. The molecule has 1 rings (SSSR count). The number of carbonyl (C=O) groups excluding carboxylic acids is 1. The van der Waals surface area contributed by atoms with Crippen LogP contribution in [-0.4, -0.2) is 44.7 Å². The van der Waals surface area contributed by atoms with Gasteiger partial charge in [0.25, 0.3) is 5.91 Å². The molecular weight excluding hydrogens is 276 g/mol. The summed E-state index contributed by atoms with van der Waals surface area (Å²) < 4.78 is 11.2. The lowest BCUT2D eigenvalue weighted by Crippen LogP contribution is -2.28. The summed E-state index contributed by atoms with van der Waals surface area (Å²) in [6.07, 6.45) is 6.35. The molecule has 0 saturated heterocycles. The average Bonchev–Trinajstić information content (AvgIpc) is 2.45. The van der Waals surface area contributed by atoms with Gasteiger partial charge < -0.3 is 10.6 Å². The van der Waals surface area contributed by atoms with Crippen LogP contribution in [0.15, 0.2) is 12.4 Å². The minimum atomic E-state index is -0.866. The van der Waals surface area contributed by atoms with Gasteiger partial charge in [-0.1, -0.05) is 13.8 Å². The molecule has 1 aromatic rings. The average molecular weight is 298 g/mol. The van der Waals surface area contributed by atoms with Crippen molar-refractivity contribution in [3.63, 3.8) is 0 Å². The second-order valence-corrected chi connectivity index (χ2v) is 6.37. The van der Waals surface area contributed by atoms with E-state index in [1.165, 1.54) is 6.20 Å². The summed E-state index contributed by atoms with van der Waals surface area (Å²) in [4.78, 5) is 20.1. The molecule has 1 heterocycles. The van der Waals surface area contributed by atoms with Gasteiger partial charge in [0.15, 0.2) is 0 Å². The highest BCUT2D eigenvalue weighted by Crippen LogP contribution is 2.03. The zero-order valence-electron chi connectivity index (χ0n) is 12.2. The minimum absolute atomic E-state index is 0.0685. The van der Waals surface area contributed by atoms with E-state index in [0.717, 1.165) is 13.0 Å². The monoisotopic (exact) mass is 298 g/mol. The van der Waals surface area contributed by atoms with E-state index in [1.54, 1.807) is 12.5 Å². The number of amides is 1. The van der Waals surface area contributed by atoms with Crippen molar-refractivity contribution in [3.8, 4) is 0 Å². The molecule has 0 aliphatic carbocycles. The van der Waals surface area contributed by atoms with Gasteiger partial charge in [0, 0.05) is 35.4 Å². The number of hydrogen-bond acceptors (Lipinski definition) is 5. The van der Waals surface area contributed by atoms with Crippen LogP contribution >= 0.6 is 0 Å². The largest absolute Gasteiger partial charge is 0.369 e. The molecule has 0 spiro atoms. The predicted molar refractivity (Wildman–Crippen MR) is 81.3 cm³/mol. The van der Waals surface area contributed by atoms with Crippen molar-refractivity contribution in [2.24, 2.45) is 0 Å². The SMILES string of the molecule is CCCNc1cncc(C(=O)NCCC(C)S(C)=O)n1. The molecule has 0 bridgehead atoms. The number of rotatable bonds is 8. The summed E-state index contributed by atoms with van der Waals surface area (Å²) in [5.41, 5.74) is 0.288. The van der Waals surface area contributed by atoms with Crippen LogP contribution in [0.5, 0.6) is 0 Å². The molecule has 0 radical (unpaired) electrons. The van der Waals surface area contributed by atoms with E-state index in [4.69, 9.17) is 0 Å². The summed E-state index contributed by atoms with van der Waals surface area (Å²) in [5, 5.41) is 5.92. The second kappa shape index (κ2) is 8.63. The van der Waals surface area contributed by atoms with E-state index in [2.05, 4.69) is 27.5 Å². The van der Waals surface area contributed by atoms with E-state index >= 15 is 0 Å². The molecule has 2 unspecified atom stereocenters. The van der Waals surface area contributed by atoms with Crippen molar-refractivity contribution in [2.45, 2.75) is 31.9 Å². The molecule has 1 aromatic heterocycles. The van der Waals surface area contributed by atoms with Crippen molar-refractivity contribution < 1.29 is 9.00 Å². The van der Waals surface area contributed by atoms with Crippen molar-refractivity contribution in [1.82, 2.24) is 15.3 Å². The van der Waals surface area contributed by atoms with E-state index in [1.807, 2.05) is 6.92 Å². The third-order valence-corrected chi connectivity index (χ3v) is 4.20. The van der Waals surface area contributed by atoms with E-state index in [0.29, 0.717) is 18.8 Å². The third-order valence-electron chi connectivity index (χ3n) is 2.83. The molecule has 0 saturated carbocycles. The van der Waals surface area contributed by atoms with E-state index < -0.39 is 10.8 Å². The predicted octanol–water partition coefficient (Wildman–Crippen LogP) is 1.19. The number of nitrogens with one attached hydrogen (secondary N) is 2. The number of aromatic nitrogens is 2. The minimum Gasteiger partial charge on any atom is -0.369 e. The van der Waals surface area contributed by atoms with Crippen molar-refractivity contribution >= 4 is 22.5 Å². The summed E-state index contributed by atoms with van der Waals surface area (Å²) >= 11 is 0. The Morgan fingerprint density at radius 3 is 2.80 bits per heavy atom. The van der Waals surface area contributed by atoms with Gasteiger partial charge in [0.2, 0.25) is 0 Å². The smallest absolute Gasteiger partial charge is 0.271 e. The normalized spacial score (nSPS) is 13.6. The molecule has 6 nitrogen and oxygen atoms in total. The van der Waals surface area contributed by atoms with Crippen LogP contribution in [0.3, 0.4) is 0 Å². The Kier molecular flexibility index (Phi) is 7.14. The van der Waals surface area contributed by atoms with Crippen LogP contribution in [0, 0.1) is 0 Å². The first-order valence-electron chi connectivity index (χ1n) is 6.71. The van der Waals surface area contributed by atoms with Crippen LogP contribution in [0.2, 0.25) is 0 Å². The first-order valence-corrected chi connectivity index (χ1v) is 8.33. The molecule has 2 atom stereocenters. The van der Waals surface area contributed by atoms with Gasteiger partial charge in [-0.25, -0.2) is 4.98 Å². The van der Waals surface area contributed by atoms with Gasteiger partial charge in [0.1, 0.15) is 11.5 Å². The van der Waals surface area contributed by atoms with Crippen molar-refractivity contribution in [2.75, 3.05) is 24.7 Å². The molecule has 1 amide bonds. The Bertz CT molecular complexity index is 467. The zero-order chi connectivity index (χ0) is 15.0. The van der Waals surface area contributed by atoms with Gasteiger partial charge in [-0.3, -0.25) is 14.0 Å². The fraction of sp³-hybridized carbons (Fsp3) is 0.615. The van der Waals surface area contributed by atoms with Gasteiger partial charge in [-0.2, -0.15) is 0 Å². The second-order valence-electron chi connectivity index (χ2n) is 4.57. The molecule has 0 aromatic carbocycles. The number of hydrogen-bond donors (Lipinski definition) is 2. The standard InChI is InChI=1S/C13H22N4O2S/c1-4-6-15-12-9-14-8-11(17-12)13(18)16-7-5-10(2)20(3)19/h8-10H,4-7H2,1-3H3,(H,15,17)(H,16,18). The van der Waals surface area contributed by atoms with Gasteiger partial charge in [0.05, 0.1) is 12.4 Å². The lowest BCUT2D eigenvalue weighted by molar-refractivity contribution is 0.0948. The number of nitrogens with zero attached hydrogens (tertiary/aromatic N) is 2. The lowest BCUT2D eigenvalue weighted by Gasteiger charge is -2.09. The molecule has 2 N–H and O–H groups in total. The Balaban J connectivity index is 2.48. The molecular formula is C13H22N4O2S. The third kappa shape index (κ3) is 5.64. The molecule has 0 aliphatic heterocycles. The van der Waals surface area contributed by atoms with Crippen LogP contribution in [0.1, 0.15) is 37.2 Å². The number of carbonyl (C=O) groups is 1. The summed E-state index contributed by atoms with van der Waals surface area (Å²) in [6.45, 7) is 5.22. The summed E-state index contributed by atoms with van der Waals surface area (Å²) in [6, 6.07) is 0. The maximum absolute atomic E-state index is 11.9. The van der Waals surface area contributed by atoms with Gasteiger partial charge in [-0.15, -0.1) is 0 Å². The van der Waals surface area contributed by atoms with Gasteiger partial charge >= 0.3 is 0 Å². The van der Waals surface area contributed by atoms with Crippen molar-refractivity contribution in [1.29, 1.82) is 0 Å². The highest BCUT2D eigenvalue weighted by Gasteiger charge is 2.10. The Morgan fingerprint density at radius 2 is 2.15 bits per heavy atom. The van der Waals surface area contributed by atoms with Crippen molar-refractivity contribution in [3.05, 3.63) is 18.1 Å². The van der Waals surface area contributed by atoms with Crippen LogP contribution in [-0.2, 0) is 10.8 Å². The molecule has 7 heteroatoms.